The zero-order valence-corrected chi connectivity index (χ0v) is 8.97. The van der Waals surface area contributed by atoms with E-state index in [1.165, 1.54) is 7.11 Å². The lowest BCUT2D eigenvalue weighted by atomic mass is 9.94. The molecule has 0 heterocycles. The Kier molecular flexibility index (Phi) is 3.94. The Morgan fingerprint density at radius 2 is 2.13 bits per heavy atom. The second-order valence-electron chi connectivity index (χ2n) is 3.57. The van der Waals surface area contributed by atoms with Crippen molar-refractivity contribution in [1.82, 2.24) is 0 Å². The number of phenolic OH excluding ortho intramolecular Hbond substituents is 1. The van der Waals surface area contributed by atoms with Crippen LogP contribution in [-0.2, 0) is 0 Å². The van der Waals surface area contributed by atoms with Gasteiger partial charge in [-0.05, 0) is 23.6 Å². The van der Waals surface area contributed by atoms with Crippen LogP contribution in [0.3, 0.4) is 0 Å². The Hall–Kier alpha value is -1.26. The Bertz CT molecular complexity index is 328. The quantitative estimate of drug-likeness (QED) is 0.689. The molecule has 0 saturated heterocycles. The van der Waals surface area contributed by atoms with Crippen molar-refractivity contribution in [3.05, 3.63) is 23.8 Å². The highest BCUT2D eigenvalue weighted by molar-refractivity contribution is 5.42. The summed E-state index contributed by atoms with van der Waals surface area (Å²) in [5.41, 5.74) is 6.59. The topological polar surface area (TPSA) is 75.7 Å². The van der Waals surface area contributed by atoms with Gasteiger partial charge in [0.15, 0.2) is 11.5 Å². The molecule has 84 valence electrons. The molecule has 1 aromatic carbocycles. The summed E-state index contributed by atoms with van der Waals surface area (Å²) < 4.78 is 4.94. The van der Waals surface area contributed by atoms with Gasteiger partial charge in [0.05, 0.1) is 13.7 Å². The summed E-state index contributed by atoms with van der Waals surface area (Å²) in [5, 5.41) is 18.5. The molecule has 0 bridgehead atoms. The minimum atomic E-state index is -0.321. The Labute approximate surface area is 89.3 Å². The lowest BCUT2D eigenvalue weighted by Gasteiger charge is -2.18. The molecule has 0 fully saturated rings. The number of aromatic hydroxyl groups is 1. The summed E-state index contributed by atoms with van der Waals surface area (Å²) in [4.78, 5) is 0. The predicted octanol–water partition coefficient (Wildman–Crippen LogP) is 0.824. The summed E-state index contributed by atoms with van der Waals surface area (Å²) in [6.45, 7) is 1.83. The van der Waals surface area contributed by atoms with Gasteiger partial charge < -0.3 is 20.7 Å². The van der Waals surface area contributed by atoms with E-state index in [4.69, 9.17) is 15.6 Å². The van der Waals surface area contributed by atoms with E-state index < -0.39 is 0 Å². The van der Waals surface area contributed by atoms with Gasteiger partial charge in [0.2, 0.25) is 0 Å². The van der Waals surface area contributed by atoms with E-state index in [9.17, 15) is 5.11 Å². The highest BCUT2D eigenvalue weighted by Crippen LogP contribution is 2.30. The van der Waals surface area contributed by atoms with E-state index >= 15 is 0 Å². The van der Waals surface area contributed by atoms with Crippen molar-refractivity contribution in [2.45, 2.75) is 18.9 Å². The van der Waals surface area contributed by atoms with E-state index in [1.807, 2.05) is 13.0 Å². The maximum absolute atomic E-state index is 9.57. The zero-order valence-electron chi connectivity index (χ0n) is 8.97. The van der Waals surface area contributed by atoms with Crippen LogP contribution in [-0.4, -0.2) is 30.0 Å². The molecule has 0 saturated carbocycles. The van der Waals surface area contributed by atoms with Gasteiger partial charge in [-0.3, -0.25) is 0 Å². The Morgan fingerprint density at radius 3 is 2.60 bits per heavy atom. The number of phenols is 1. The van der Waals surface area contributed by atoms with Gasteiger partial charge in [-0.2, -0.15) is 0 Å². The van der Waals surface area contributed by atoms with Crippen molar-refractivity contribution < 1.29 is 14.9 Å². The smallest absolute Gasteiger partial charge is 0.160 e. The molecular formula is C11H17NO3. The third-order valence-corrected chi connectivity index (χ3v) is 2.58. The number of aliphatic hydroxyl groups is 1. The molecule has 15 heavy (non-hydrogen) atoms. The normalized spacial score (nSPS) is 14.7. The van der Waals surface area contributed by atoms with Crippen molar-refractivity contribution in [2.24, 2.45) is 5.73 Å². The highest BCUT2D eigenvalue weighted by atomic mass is 16.5. The molecule has 2 unspecified atom stereocenters. The van der Waals surface area contributed by atoms with Gasteiger partial charge in [-0.15, -0.1) is 0 Å². The summed E-state index contributed by atoms with van der Waals surface area (Å²) in [5.74, 6) is 0.516. The van der Waals surface area contributed by atoms with Crippen molar-refractivity contribution in [3.63, 3.8) is 0 Å². The monoisotopic (exact) mass is 211 g/mol. The maximum atomic E-state index is 9.57. The lowest BCUT2D eigenvalue weighted by Crippen LogP contribution is -2.30. The van der Waals surface area contributed by atoms with Crippen molar-refractivity contribution in [2.75, 3.05) is 13.7 Å². The van der Waals surface area contributed by atoms with E-state index in [2.05, 4.69) is 0 Å². The number of methoxy groups -OCH3 is 1. The van der Waals surface area contributed by atoms with Crippen molar-refractivity contribution in [3.8, 4) is 11.5 Å². The molecule has 0 aliphatic rings. The highest BCUT2D eigenvalue weighted by Gasteiger charge is 2.15. The molecule has 4 N–H and O–H groups in total. The van der Waals surface area contributed by atoms with Gasteiger partial charge in [0.25, 0.3) is 0 Å². The fourth-order valence-electron chi connectivity index (χ4n) is 1.40. The third-order valence-electron chi connectivity index (χ3n) is 2.58. The lowest BCUT2D eigenvalue weighted by molar-refractivity contribution is 0.252. The van der Waals surface area contributed by atoms with Crippen LogP contribution in [0.25, 0.3) is 0 Å². The molecule has 0 aliphatic heterocycles. The second-order valence-corrected chi connectivity index (χ2v) is 3.57. The van der Waals surface area contributed by atoms with Gasteiger partial charge in [-0.1, -0.05) is 13.0 Å². The summed E-state index contributed by atoms with van der Waals surface area (Å²) in [6.07, 6.45) is 0. The van der Waals surface area contributed by atoms with Crippen molar-refractivity contribution in [1.29, 1.82) is 0 Å². The largest absolute Gasteiger partial charge is 0.504 e. The van der Waals surface area contributed by atoms with Crippen molar-refractivity contribution >= 4 is 0 Å². The van der Waals surface area contributed by atoms with Crippen LogP contribution < -0.4 is 10.5 Å². The average Bonchev–Trinajstić information content (AvgIpc) is 2.26. The number of rotatable bonds is 4. The van der Waals surface area contributed by atoms with Crippen LogP contribution in [0.1, 0.15) is 18.4 Å². The first kappa shape index (κ1) is 11.8. The predicted molar refractivity (Wildman–Crippen MR) is 58.1 cm³/mol. The van der Waals surface area contributed by atoms with Crippen LogP contribution in [0.15, 0.2) is 18.2 Å². The minimum Gasteiger partial charge on any atom is -0.504 e. The molecule has 1 rings (SSSR count). The number of ether oxygens (including phenoxy) is 1. The zero-order chi connectivity index (χ0) is 11.4. The molecule has 1 aromatic rings. The van der Waals surface area contributed by atoms with Crippen LogP contribution in [0.2, 0.25) is 0 Å². The van der Waals surface area contributed by atoms with Crippen LogP contribution in [0, 0.1) is 0 Å². The first-order valence-electron chi connectivity index (χ1n) is 4.83. The molecule has 4 nitrogen and oxygen atoms in total. The first-order chi connectivity index (χ1) is 7.10. The summed E-state index contributed by atoms with van der Waals surface area (Å²) in [7, 11) is 1.50. The van der Waals surface area contributed by atoms with E-state index in [1.54, 1.807) is 12.1 Å². The first-order valence-corrected chi connectivity index (χ1v) is 4.83. The number of benzene rings is 1. The standard InChI is InChI=1S/C11H17NO3/c1-7(9(12)6-13)8-3-4-11(15-2)10(14)5-8/h3-5,7,9,13-14H,6,12H2,1-2H3. The van der Waals surface area contributed by atoms with E-state index in [0.717, 1.165) is 5.56 Å². The number of hydrogen-bond acceptors (Lipinski definition) is 4. The minimum absolute atomic E-state index is 0.00759. The third kappa shape index (κ3) is 2.61. The maximum Gasteiger partial charge on any atom is 0.160 e. The molecule has 0 aliphatic carbocycles. The molecule has 0 amide bonds. The molecule has 0 radical (unpaired) electrons. The number of nitrogens with two attached hydrogens (primary N) is 1. The fourth-order valence-corrected chi connectivity index (χ4v) is 1.40. The van der Waals surface area contributed by atoms with Gasteiger partial charge in [0.1, 0.15) is 0 Å². The Morgan fingerprint density at radius 1 is 1.47 bits per heavy atom. The van der Waals surface area contributed by atoms with E-state index in [0.29, 0.717) is 5.75 Å². The van der Waals surface area contributed by atoms with E-state index in [-0.39, 0.29) is 24.3 Å². The van der Waals surface area contributed by atoms with Gasteiger partial charge >= 0.3 is 0 Å². The molecule has 0 aromatic heterocycles. The molecule has 0 spiro atoms. The molecule has 2 atom stereocenters. The number of aliphatic hydroxyl groups excluding tert-OH is 1. The Balaban J connectivity index is 2.92. The van der Waals surface area contributed by atoms with Crippen LogP contribution >= 0.6 is 0 Å². The van der Waals surface area contributed by atoms with Crippen LogP contribution in [0.5, 0.6) is 11.5 Å². The summed E-state index contributed by atoms with van der Waals surface area (Å²) >= 11 is 0. The van der Waals surface area contributed by atoms with Gasteiger partial charge in [0, 0.05) is 6.04 Å². The molecular weight excluding hydrogens is 194 g/mol. The second kappa shape index (κ2) is 5.00. The average molecular weight is 211 g/mol. The van der Waals surface area contributed by atoms with Gasteiger partial charge in [-0.25, -0.2) is 0 Å². The SMILES string of the molecule is COc1ccc(C(C)C(N)CO)cc1O. The fraction of sp³-hybridized carbons (Fsp3) is 0.455. The number of hydrogen-bond donors (Lipinski definition) is 3. The van der Waals surface area contributed by atoms with Crippen LogP contribution in [0.4, 0.5) is 0 Å². The molecule has 4 heteroatoms. The summed E-state index contributed by atoms with van der Waals surface area (Å²) in [6, 6.07) is 4.81.